The van der Waals surface area contributed by atoms with E-state index in [9.17, 15) is 0 Å². The van der Waals surface area contributed by atoms with Gasteiger partial charge in [-0.1, -0.05) is 12.1 Å². The molecular weight excluding hydrogens is 316 g/mol. The van der Waals surface area contributed by atoms with Crippen molar-refractivity contribution in [2.45, 2.75) is 37.9 Å². The first kappa shape index (κ1) is 17.2. The maximum absolute atomic E-state index is 4.35. The van der Waals surface area contributed by atoms with Crippen molar-refractivity contribution in [3.05, 3.63) is 35.5 Å². The largest absolute Gasteiger partial charge is 0.361 e. The molecule has 3 N–H and O–H groups in total. The van der Waals surface area contributed by atoms with Crippen LogP contribution >= 0.6 is 11.8 Å². The van der Waals surface area contributed by atoms with E-state index in [0.717, 1.165) is 25.5 Å². The number of nitrogens with zero attached hydrogens (tertiary/aromatic N) is 1. The summed E-state index contributed by atoms with van der Waals surface area (Å²) < 4.78 is 0.353. The molecule has 2 heterocycles. The fourth-order valence-electron chi connectivity index (χ4n) is 3.29. The zero-order chi connectivity index (χ0) is 17.0. The Morgan fingerprint density at radius 3 is 3.00 bits per heavy atom. The van der Waals surface area contributed by atoms with Gasteiger partial charge in [0.2, 0.25) is 0 Å². The molecular formula is C19H28N4S. The SMILES string of the molecule is CN=C(NCCc1c[nH]c2cc(C)ccc12)NCC1(C)CCCS1. The number of H-pyrrole nitrogens is 1. The van der Waals surface area contributed by atoms with Gasteiger partial charge in [-0.15, -0.1) is 0 Å². The van der Waals surface area contributed by atoms with Crippen molar-refractivity contribution in [2.24, 2.45) is 4.99 Å². The minimum Gasteiger partial charge on any atom is -0.361 e. The number of aliphatic imine (C=N–C) groups is 1. The maximum atomic E-state index is 4.35. The molecule has 1 unspecified atom stereocenters. The second kappa shape index (κ2) is 7.51. The third kappa shape index (κ3) is 4.07. The first-order valence-electron chi connectivity index (χ1n) is 8.75. The second-order valence-corrected chi connectivity index (χ2v) is 8.55. The number of aryl methyl sites for hydroxylation is 1. The van der Waals surface area contributed by atoms with Gasteiger partial charge in [0.25, 0.3) is 0 Å². The fourth-order valence-corrected chi connectivity index (χ4v) is 4.53. The lowest BCUT2D eigenvalue weighted by Crippen LogP contribution is -2.44. The van der Waals surface area contributed by atoms with Gasteiger partial charge in [0.1, 0.15) is 0 Å². The summed E-state index contributed by atoms with van der Waals surface area (Å²) in [5.41, 5.74) is 3.86. The van der Waals surface area contributed by atoms with E-state index in [1.54, 1.807) is 0 Å². The molecule has 0 amide bonds. The van der Waals surface area contributed by atoms with E-state index in [-0.39, 0.29) is 0 Å². The summed E-state index contributed by atoms with van der Waals surface area (Å²) in [5, 5.41) is 8.25. The van der Waals surface area contributed by atoms with Crippen molar-refractivity contribution in [3.8, 4) is 0 Å². The molecule has 24 heavy (non-hydrogen) atoms. The van der Waals surface area contributed by atoms with E-state index in [1.807, 2.05) is 7.05 Å². The highest BCUT2D eigenvalue weighted by Gasteiger charge is 2.29. The third-order valence-corrected chi connectivity index (χ3v) is 6.30. The Bertz CT molecular complexity index is 713. The van der Waals surface area contributed by atoms with Crippen LogP contribution in [0.4, 0.5) is 0 Å². The number of hydrogen-bond donors (Lipinski definition) is 3. The number of aromatic amines is 1. The summed E-state index contributed by atoms with van der Waals surface area (Å²) in [6, 6.07) is 6.59. The van der Waals surface area contributed by atoms with Crippen LogP contribution in [0.3, 0.4) is 0 Å². The molecule has 1 aliphatic heterocycles. The molecule has 130 valence electrons. The zero-order valence-corrected chi connectivity index (χ0v) is 15.7. The molecule has 1 saturated heterocycles. The molecule has 1 fully saturated rings. The van der Waals surface area contributed by atoms with Gasteiger partial charge in [0.05, 0.1) is 0 Å². The summed E-state index contributed by atoms with van der Waals surface area (Å²) in [6.45, 7) is 6.33. The van der Waals surface area contributed by atoms with Crippen LogP contribution in [0.1, 0.15) is 30.9 Å². The van der Waals surface area contributed by atoms with Gasteiger partial charge in [0, 0.05) is 42.0 Å². The van der Waals surface area contributed by atoms with Crippen LogP contribution < -0.4 is 10.6 Å². The van der Waals surface area contributed by atoms with Gasteiger partial charge in [-0.2, -0.15) is 11.8 Å². The number of hydrogen-bond acceptors (Lipinski definition) is 2. The Hall–Kier alpha value is -1.62. The molecule has 0 aliphatic carbocycles. The summed E-state index contributed by atoms with van der Waals surface area (Å²) in [4.78, 5) is 7.72. The smallest absolute Gasteiger partial charge is 0.191 e. The van der Waals surface area contributed by atoms with Crippen LogP contribution in [-0.4, -0.2) is 41.6 Å². The molecule has 0 radical (unpaired) electrons. The first-order valence-corrected chi connectivity index (χ1v) is 9.73. The lowest BCUT2D eigenvalue weighted by Gasteiger charge is -2.24. The molecule has 1 aromatic carbocycles. The number of fused-ring (bicyclic) bond motifs is 1. The van der Waals surface area contributed by atoms with Crippen molar-refractivity contribution in [1.82, 2.24) is 15.6 Å². The average Bonchev–Trinajstić information content (AvgIpc) is 3.17. The van der Waals surface area contributed by atoms with E-state index in [0.29, 0.717) is 4.75 Å². The average molecular weight is 345 g/mol. The summed E-state index contributed by atoms with van der Waals surface area (Å²) in [7, 11) is 1.84. The highest BCUT2D eigenvalue weighted by molar-refractivity contribution is 8.00. The van der Waals surface area contributed by atoms with Gasteiger partial charge in [-0.05, 0) is 56.1 Å². The van der Waals surface area contributed by atoms with Crippen LogP contribution in [0.25, 0.3) is 10.9 Å². The van der Waals surface area contributed by atoms with E-state index in [4.69, 9.17) is 0 Å². The Morgan fingerprint density at radius 1 is 1.38 bits per heavy atom. The standard InChI is InChI=1S/C19H28N4S/c1-14-5-6-16-15(12-22-17(16)11-14)7-9-21-18(20-3)23-13-19(2)8-4-10-24-19/h5-6,11-12,22H,4,7-10,13H2,1-3H3,(H2,20,21,23). The van der Waals surface area contributed by atoms with Crippen molar-refractivity contribution in [2.75, 3.05) is 25.9 Å². The lowest BCUT2D eigenvalue weighted by atomic mass is 10.1. The Morgan fingerprint density at radius 2 is 2.25 bits per heavy atom. The molecule has 0 bridgehead atoms. The topological polar surface area (TPSA) is 52.2 Å². The summed E-state index contributed by atoms with van der Waals surface area (Å²) >= 11 is 2.07. The fraction of sp³-hybridized carbons (Fsp3) is 0.526. The van der Waals surface area contributed by atoms with E-state index in [2.05, 4.69) is 70.6 Å². The first-order chi connectivity index (χ1) is 11.6. The minimum atomic E-state index is 0.353. The predicted molar refractivity (Wildman–Crippen MR) is 106 cm³/mol. The van der Waals surface area contributed by atoms with Crippen LogP contribution in [0.5, 0.6) is 0 Å². The third-order valence-electron chi connectivity index (χ3n) is 4.76. The number of nitrogens with one attached hydrogen (secondary N) is 3. The quantitative estimate of drug-likeness (QED) is 0.575. The van der Waals surface area contributed by atoms with Crippen molar-refractivity contribution in [1.29, 1.82) is 0 Å². The Balaban J connectivity index is 1.50. The molecule has 3 rings (SSSR count). The van der Waals surface area contributed by atoms with Crippen LogP contribution in [0.15, 0.2) is 29.4 Å². The van der Waals surface area contributed by atoms with Crippen molar-refractivity contribution in [3.63, 3.8) is 0 Å². The molecule has 0 saturated carbocycles. The van der Waals surface area contributed by atoms with Gasteiger partial charge in [-0.3, -0.25) is 4.99 Å². The normalized spacial score (nSPS) is 21.4. The Labute approximate surface area is 148 Å². The molecule has 1 aliphatic rings. The molecule has 5 heteroatoms. The summed E-state index contributed by atoms with van der Waals surface area (Å²) in [6.07, 6.45) is 5.72. The number of thioether (sulfide) groups is 1. The summed E-state index contributed by atoms with van der Waals surface area (Å²) in [5.74, 6) is 2.18. The van der Waals surface area contributed by atoms with Gasteiger partial charge in [-0.25, -0.2) is 0 Å². The van der Waals surface area contributed by atoms with Crippen LogP contribution in [0.2, 0.25) is 0 Å². The van der Waals surface area contributed by atoms with E-state index < -0.39 is 0 Å². The Kier molecular flexibility index (Phi) is 5.39. The van der Waals surface area contributed by atoms with Crippen molar-refractivity contribution < 1.29 is 0 Å². The zero-order valence-electron chi connectivity index (χ0n) is 14.9. The molecule has 4 nitrogen and oxygen atoms in total. The number of aromatic nitrogens is 1. The van der Waals surface area contributed by atoms with Crippen LogP contribution in [0, 0.1) is 6.92 Å². The van der Waals surface area contributed by atoms with Gasteiger partial charge in [0.15, 0.2) is 5.96 Å². The monoisotopic (exact) mass is 344 g/mol. The number of benzene rings is 1. The van der Waals surface area contributed by atoms with Gasteiger partial charge >= 0.3 is 0 Å². The number of rotatable bonds is 5. The molecule has 0 spiro atoms. The second-order valence-electron chi connectivity index (χ2n) is 6.87. The predicted octanol–water partition coefficient (Wildman–Crippen LogP) is 3.47. The van der Waals surface area contributed by atoms with E-state index >= 15 is 0 Å². The lowest BCUT2D eigenvalue weighted by molar-refractivity contribution is 0.584. The molecule has 1 atom stereocenters. The highest BCUT2D eigenvalue weighted by atomic mass is 32.2. The number of guanidine groups is 1. The molecule has 1 aromatic heterocycles. The van der Waals surface area contributed by atoms with Crippen LogP contribution in [-0.2, 0) is 6.42 Å². The maximum Gasteiger partial charge on any atom is 0.191 e. The van der Waals surface area contributed by atoms with Crippen molar-refractivity contribution >= 4 is 28.6 Å². The minimum absolute atomic E-state index is 0.353. The van der Waals surface area contributed by atoms with Gasteiger partial charge < -0.3 is 15.6 Å². The van der Waals surface area contributed by atoms with E-state index in [1.165, 1.54) is 40.6 Å². The highest BCUT2D eigenvalue weighted by Crippen LogP contribution is 2.36. The molecule has 2 aromatic rings.